The van der Waals surface area contributed by atoms with Crippen LogP contribution >= 0.6 is 0 Å². The molecule has 5 rings (SSSR count). The highest BCUT2D eigenvalue weighted by molar-refractivity contribution is 6.02. The average Bonchev–Trinajstić information content (AvgIpc) is 3.69. The number of benzene rings is 2. The van der Waals surface area contributed by atoms with E-state index in [1.165, 1.54) is 0 Å². The number of carbonyl (C=O) groups is 1. The lowest BCUT2D eigenvalue weighted by Crippen LogP contribution is -2.10. The van der Waals surface area contributed by atoms with Gasteiger partial charge in [0.25, 0.3) is 5.91 Å². The SMILES string of the molecule is C#C.CCCNc1nccc(-n2ccnc2-c2ccc(NC(=O)c3ccc(-c4ccc(OC)cc4)o3)cc2)n1. The molecular formula is C30H28N6O3. The predicted octanol–water partition coefficient (Wildman–Crippen LogP) is 5.92. The molecule has 0 spiro atoms. The zero-order chi connectivity index (χ0) is 27.6. The van der Waals surface area contributed by atoms with Crippen molar-refractivity contribution in [3.63, 3.8) is 0 Å². The molecule has 0 atom stereocenters. The van der Waals surface area contributed by atoms with Crippen LogP contribution in [0.5, 0.6) is 5.75 Å². The molecule has 0 unspecified atom stereocenters. The highest BCUT2D eigenvalue weighted by atomic mass is 16.5. The fraction of sp³-hybridized carbons (Fsp3) is 0.133. The molecule has 5 aromatic rings. The van der Waals surface area contributed by atoms with Gasteiger partial charge in [0.2, 0.25) is 5.95 Å². The van der Waals surface area contributed by atoms with E-state index in [0.29, 0.717) is 23.2 Å². The summed E-state index contributed by atoms with van der Waals surface area (Å²) in [6, 6.07) is 20.2. The molecule has 0 aliphatic heterocycles. The van der Waals surface area contributed by atoms with Gasteiger partial charge in [-0.25, -0.2) is 9.97 Å². The van der Waals surface area contributed by atoms with Gasteiger partial charge in [0.1, 0.15) is 23.2 Å². The number of carbonyl (C=O) groups excluding carboxylic acids is 1. The first-order valence-corrected chi connectivity index (χ1v) is 12.2. The highest BCUT2D eigenvalue weighted by Gasteiger charge is 2.14. The number of hydrogen-bond acceptors (Lipinski definition) is 7. The summed E-state index contributed by atoms with van der Waals surface area (Å²) in [6.45, 7) is 2.89. The standard InChI is InChI=1S/C28H26N6O3.C2H2/c1-3-15-30-28-31-16-14-25(33-28)34-18-17-29-26(34)20-4-8-21(9-5-20)32-27(35)24-13-12-23(37-24)19-6-10-22(36-2)11-7-19;1-2/h4-14,16-18H,3,15H2,1-2H3,(H,32,35)(H,30,31,33);1-2H. The van der Waals surface area contributed by atoms with Gasteiger partial charge < -0.3 is 19.8 Å². The molecule has 1 amide bonds. The molecule has 0 saturated carbocycles. The van der Waals surface area contributed by atoms with Crippen LogP contribution in [-0.4, -0.2) is 39.1 Å². The summed E-state index contributed by atoms with van der Waals surface area (Å²) in [4.78, 5) is 26.1. The number of terminal acetylenes is 1. The number of amides is 1. The Labute approximate surface area is 226 Å². The Hall–Kier alpha value is -5.36. The molecule has 0 radical (unpaired) electrons. The molecule has 39 heavy (non-hydrogen) atoms. The summed E-state index contributed by atoms with van der Waals surface area (Å²) in [6.07, 6.45) is 14.3. The number of anilines is 2. The Morgan fingerprint density at radius 1 is 0.949 bits per heavy atom. The zero-order valence-electron chi connectivity index (χ0n) is 21.7. The molecule has 0 aliphatic carbocycles. The van der Waals surface area contributed by atoms with Crippen molar-refractivity contribution in [2.24, 2.45) is 0 Å². The number of nitrogens with one attached hydrogen (secondary N) is 2. The maximum absolute atomic E-state index is 12.8. The number of furan rings is 1. The van der Waals surface area contributed by atoms with Crippen LogP contribution in [0.1, 0.15) is 23.9 Å². The van der Waals surface area contributed by atoms with Gasteiger partial charge in [-0.3, -0.25) is 9.36 Å². The van der Waals surface area contributed by atoms with Crippen molar-refractivity contribution in [1.82, 2.24) is 19.5 Å². The topological polar surface area (TPSA) is 107 Å². The minimum atomic E-state index is -0.331. The zero-order valence-corrected chi connectivity index (χ0v) is 21.7. The summed E-state index contributed by atoms with van der Waals surface area (Å²) in [5.74, 6) is 3.27. The molecular weight excluding hydrogens is 492 g/mol. The fourth-order valence-corrected chi connectivity index (χ4v) is 3.77. The Balaban J connectivity index is 0.00000172. The highest BCUT2D eigenvalue weighted by Crippen LogP contribution is 2.26. The number of hydrogen-bond donors (Lipinski definition) is 2. The van der Waals surface area contributed by atoms with E-state index in [-0.39, 0.29) is 11.7 Å². The minimum Gasteiger partial charge on any atom is -0.497 e. The molecule has 2 N–H and O–H groups in total. The van der Waals surface area contributed by atoms with Gasteiger partial charge in [-0.2, -0.15) is 4.98 Å². The smallest absolute Gasteiger partial charge is 0.291 e. The Kier molecular flexibility index (Phi) is 8.72. The van der Waals surface area contributed by atoms with Crippen molar-refractivity contribution < 1.29 is 13.9 Å². The largest absolute Gasteiger partial charge is 0.497 e. The number of rotatable bonds is 9. The van der Waals surface area contributed by atoms with Crippen molar-refractivity contribution in [2.45, 2.75) is 13.3 Å². The van der Waals surface area contributed by atoms with Gasteiger partial charge in [0.05, 0.1) is 7.11 Å². The van der Waals surface area contributed by atoms with Gasteiger partial charge in [-0.15, -0.1) is 12.8 Å². The average molecular weight is 521 g/mol. The van der Waals surface area contributed by atoms with E-state index < -0.39 is 0 Å². The summed E-state index contributed by atoms with van der Waals surface area (Å²) in [5.41, 5.74) is 2.38. The van der Waals surface area contributed by atoms with Gasteiger partial charge >= 0.3 is 0 Å². The number of methoxy groups -OCH3 is 1. The normalized spacial score (nSPS) is 10.3. The first kappa shape index (κ1) is 26.7. The molecule has 0 saturated heterocycles. The maximum atomic E-state index is 12.8. The van der Waals surface area contributed by atoms with Crippen LogP contribution in [0.2, 0.25) is 0 Å². The van der Waals surface area contributed by atoms with Crippen LogP contribution in [-0.2, 0) is 0 Å². The lowest BCUT2D eigenvalue weighted by molar-refractivity contribution is 0.0997. The van der Waals surface area contributed by atoms with Crippen LogP contribution in [0.25, 0.3) is 28.5 Å². The van der Waals surface area contributed by atoms with Crippen molar-refractivity contribution in [3.8, 4) is 47.1 Å². The second-order valence-corrected chi connectivity index (χ2v) is 8.21. The molecule has 3 aromatic heterocycles. The van der Waals surface area contributed by atoms with E-state index in [0.717, 1.165) is 35.7 Å². The van der Waals surface area contributed by atoms with Crippen molar-refractivity contribution in [3.05, 3.63) is 91.1 Å². The van der Waals surface area contributed by atoms with E-state index in [9.17, 15) is 4.79 Å². The lowest BCUT2D eigenvalue weighted by atomic mass is 10.2. The first-order chi connectivity index (χ1) is 19.1. The van der Waals surface area contributed by atoms with Crippen LogP contribution in [0.15, 0.2) is 89.7 Å². The van der Waals surface area contributed by atoms with E-state index in [1.54, 1.807) is 31.6 Å². The molecule has 2 aromatic carbocycles. The molecule has 9 heteroatoms. The number of ether oxygens (including phenoxy) is 1. The summed E-state index contributed by atoms with van der Waals surface area (Å²) in [7, 11) is 1.62. The lowest BCUT2D eigenvalue weighted by Gasteiger charge is -2.10. The number of aromatic nitrogens is 4. The Bertz CT molecular complexity index is 1530. The van der Waals surface area contributed by atoms with E-state index in [2.05, 4.69) is 45.4 Å². The molecule has 0 aliphatic rings. The minimum absolute atomic E-state index is 0.224. The monoisotopic (exact) mass is 520 g/mol. The van der Waals surface area contributed by atoms with Crippen LogP contribution in [0.4, 0.5) is 11.6 Å². The molecule has 196 valence electrons. The number of nitrogens with zero attached hydrogens (tertiary/aromatic N) is 4. The van der Waals surface area contributed by atoms with Gasteiger partial charge in [0, 0.05) is 41.9 Å². The van der Waals surface area contributed by atoms with E-state index in [4.69, 9.17) is 9.15 Å². The second-order valence-electron chi connectivity index (χ2n) is 8.21. The maximum Gasteiger partial charge on any atom is 0.291 e. The summed E-state index contributed by atoms with van der Waals surface area (Å²) >= 11 is 0. The fourth-order valence-electron chi connectivity index (χ4n) is 3.77. The third-order valence-corrected chi connectivity index (χ3v) is 5.67. The van der Waals surface area contributed by atoms with Crippen LogP contribution in [0.3, 0.4) is 0 Å². The molecule has 9 nitrogen and oxygen atoms in total. The quantitative estimate of drug-likeness (QED) is 0.232. The first-order valence-electron chi connectivity index (χ1n) is 12.2. The molecule has 0 bridgehead atoms. The van der Waals surface area contributed by atoms with Gasteiger partial charge in [-0.05, 0) is 73.2 Å². The summed E-state index contributed by atoms with van der Waals surface area (Å²) < 4.78 is 12.9. The van der Waals surface area contributed by atoms with E-state index in [1.807, 2.05) is 65.4 Å². The van der Waals surface area contributed by atoms with Crippen molar-refractivity contribution in [2.75, 3.05) is 24.3 Å². The van der Waals surface area contributed by atoms with Crippen LogP contribution in [0, 0.1) is 12.8 Å². The van der Waals surface area contributed by atoms with Crippen molar-refractivity contribution >= 4 is 17.5 Å². The third kappa shape index (κ3) is 6.32. The summed E-state index contributed by atoms with van der Waals surface area (Å²) in [5, 5.41) is 6.08. The van der Waals surface area contributed by atoms with Crippen LogP contribution < -0.4 is 15.4 Å². The Morgan fingerprint density at radius 3 is 2.41 bits per heavy atom. The van der Waals surface area contributed by atoms with E-state index >= 15 is 0 Å². The predicted molar refractivity (Wildman–Crippen MR) is 152 cm³/mol. The Morgan fingerprint density at radius 2 is 1.69 bits per heavy atom. The third-order valence-electron chi connectivity index (χ3n) is 5.67. The molecule has 0 fully saturated rings. The van der Waals surface area contributed by atoms with Gasteiger partial charge in [-0.1, -0.05) is 6.92 Å². The second kappa shape index (κ2) is 12.7. The van der Waals surface area contributed by atoms with Crippen molar-refractivity contribution in [1.29, 1.82) is 0 Å². The molecule has 3 heterocycles. The van der Waals surface area contributed by atoms with Gasteiger partial charge in [0.15, 0.2) is 5.76 Å². The number of imidazole rings is 1.